The number of hydrogen-bond donors (Lipinski definition) is 0. The van der Waals surface area contributed by atoms with Gasteiger partial charge in [-0.2, -0.15) is 0 Å². The highest BCUT2D eigenvalue weighted by Gasteiger charge is 2.40. The molecule has 0 heterocycles. The molecule has 1 saturated carbocycles. The van der Waals surface area contributed by atoms with Crippen LogP contribution in [-0.2, 0) is 4.79 Å². The highest BCUT2D eigenvalue weighted by molar-refractivity contribution is 5.82. The van der Waals surface area contributed by atoms with E-state index >= 15 is 0 Å². The van der Waals surface area contributed by atoms with E-state index in [9.17, 15) is 4.79 Å². The molecule has 0 N–H and O–H groups in total. The summed E-state index contributed by atoms with van der Waals surface area (Å²) in [5.74, 6) is 0.822. The first kappa shape index (κ1) is 9.95. The first-order valence-electron chi connectivity index (χ1n) is 5.84. The van der Waals surface area contributed by atoms with Crippen LogP contribution in [0.4, 0.5) is 0 Å². The average molecular weight is 192 g/mol. The molecule has 0 aromatic heterocycles. The van der Waals surface area contributed by atoms with Gasteiger partial charge in [-0.1, -0.05) is 25.5 Å². The van der Waals surface area contributed by atoms with Crippen LogP contribution in [0.5, 0.6) is 0 Å². The van der Waals surface area contributed by atoms with Gasteiger partial charge in [0.25, 0.3) is 0 Å². The first-order valence-corrected chi connectivity index (χ1v) is 5.84. The minimum atomic E-state index is 0.149. The molecule has 14 heavy (non-hydrogen) atoms. The van der Waals surface area contributed by atoms with E-state index < -0.39 is 0 Å². The van der Waals surface area contributed by atoms with Crippen molar-refractivity contribution in [3.8, 4) is 0 Å². The first-order chi connectivity index (χ1) is 6.62. The van der Waals surface area contributed by atoms with E-state index in [1.165, 1.54) is 12.8 Å². The van der Waals surface area contributed by atoms with Gasteiger partial charge in [-0.3, -0.25) is 4.79 Å². The molecular weight excluding hydrogens is 172 g/mol. The van der Waals surface area contributed by atoms with E-state index in [0.29, 0.717) is 11.7 Å². The Hall–Kier alpha value is -0.590. The Morgan fingerprint density at radius 2 is 2.07 bits per heavy atom. The second kappa shape index (κ2) is 3.52. The van der Waals surface area contributed by atoms with Gasteiger partial charge in [0.05, 0.1) is 0 Å². The SMILES string of the molecule is CC1(C)C2=CCCCC(=O)C1CCC2. The Labute approximate surface area is 86.6 Å². The quantitative estimate of drug-likeness (QED) is 0.537. The summed E-state index contributed by atoms with van der Waals surface area (Å²) in [5.41, 5.74) is 1.69. The average Bonchev–Trinajstić information content (AvgIpc) is 2.14. The third-order valence-corrected chi connectivity index (χ3v) is 4.04. The minimum absolute atomic E-state index is 0.149. The van der Waals surface area contributed by atoms with Gasteiger partial charge >= 0.3 is 0 Å². The molecule has 1 heteroatoms. The number of ketones is 1. The van der Waals surface area contributed by atoms with E-state index in [-0.39, 0.29) is 5.41 Å². The van der Waals surface area contributed by atoms with Crippen molar-refractivity contribution in [1.82, 2.24) is 0 Å². The molecule has 2 aliphatic carbocycles. The van der Waals surface area contributed by atoms with Gasteiger partial charge in [0, 0.05) is 12.3 Å². The molecule has 1 atom stereocenters. The standard InChI is InChI=1S/C13H20O/c1-13(2)10-6-3-4-9-12(14)11(13)8-5-7-10/h6,11H,3-5,7-9H2,1-2H3. The van der Waals surface area contributed by atoms with Crippen LogP contribution in [0.2, 0.25) is 0 Å². The minimum Gasteiger partial charge on any atom is -0.299 e. The predicted molar refractivity (Wildman–Crippen MR) is 58.1 cm³/mol. The number of Topliss-reactive ketones (excluding diaryl/α,β-unsaturated/α-hetero) is 1. The molecule has 0 aromatic rings. The number of rotatable bonds is 0. The zero-order chi connectivity index (χ0) is 10.2. The van der Waals surface area contributed by atoms with Crippen molar-refractivity contribution in [3.63, 3.8) is 0 Å². The molecule has 0 radical (unpaired) electrons. The van der Waals surface area contributed by atoms with E-state index in [2.05, 4.69) is 19.9 Å². The van der Waals surface area contributed by atoms with Crippen LogP contribution in [0.25, 0.3) is 0 Å². The van der Waals surface area contributed by atoms with Crippen molar-refractivity contribution in [2.45, 2.75) is 52.4 Å². The fraction of sp³-hybridized carbons (Fsp3) is 0.769. The van der Waals surface area contributed by atoms with Crippen LogP contribution in [-0.4, -0.2) is 5.78 Å². The van der Waals surface area contributed by atoms with Gasteiger partial charge in [0.2, 0.25) is 0 Å². The van der Waals surface area contributed by atoms with Gasteiger partial charge in [0.1, 0.15) is 5.78 Å². The molecule has 0 amide bonds. The number of carbonyl (C=O) groups excluding carboxylic acids is 1. The molecule has 0 aromatic carbocycles. The van der Waals surface area contributed by atoms with Crippen LogP contribution in [0.1, 0.15) is 52.4 Å². The summed E-state index contributed by atoms with van der Waals surface area (Å²) >= 11 is 0. The Morgan fingerprint density at radius 1 is 1.29 bits per heavy atom. The molecular formula is C13H20O. The van der Waals surface area contributed by atoms with Crippen LogP contribution in [0.3, 0.4) is 0 Å². The van der Waals surface area contributed by atoms with Crippen LogP contribution < -0.4 is 0 Å². The summed E-state index contributed by atoms with van der Waals surface area (Å²) in [6.45, 7) is 4.51. The van der Waals surface area contributed by atoms with Crippen LogP contribution in [0.15, 0.2) is 11.6 Å². The lowest BCUT2D eigenvalue weighted by Crippen LogP contribution is -2.36. The van der Waals surface area contributed by atoms with Gasteiger partial charge in [-0.25, -0.2) is 0 Å². The van der Waals surface area contributed by atoms with Crippen molar-refractivity contribution in [3.05, 3.63) is 11.6 Å². The highest BCUT2D eigenvalue weighted by Crippen LogP contribution is 2.46. The summed E-state index contributed by atoms with van der Waals surface area (Å²) in [6.07, 6.45) is 8.92. The van der Waals surface area contributed by atoms with Gasteiger partial charge in [-0.15, -0.1) is 0 Å². The normalized spacial score (nSPS) is 31.7. The third kappa shape index (κ3) is 1.53. The molecule has 78 valence electrons. The number of fused-ring (bicyclic) bond motifs is 2. The molecule has 2 rings (SSSR count). The maximum atomic E-state index is 12.0. The lowest BCUT2D eigenvalue weighted by atomic mass is 9.62. The van der Waals surface area contributed by atoms with Crippen molar-refractivity contribution in [2.24, 2.45) is 11.3 Å². The maximum absolute atomic E-state index is 12.0. The Kier molecular flexibility index (Phi) is 2.50. The molecule has 1 nitrogen and oxygen atoms in total. The fourth-order valence-electron chi connectivity index (χ4n) is 3.06. The predicted octanol–water partition coefficient (Wildman–Crippen LogP) is 3.49. The largest absolute Gasteiger partial charge is 0.299 e. The molecule has 1 unspecified atom stereocenters. The number of hydrogen-bond acceptors (Lipinski definition) is 1. The summed E-state index contributed by atoms with van der Waals surface area (Å²) in [5, 5.41) is 0. The summed E-state index contributed by atoms with van der Waals surface area (Å²) in [6, 6.07) is 0. The molecule has 2 bridgehead atoms. The lowest BCUT2D eigenvalue weighted by Gasteiger charge is -2.41. The summed E-state index contributed by atoms with van der Waals surface area (Å²) < 4.78 is 0. The molecule has 0 spiro atoms. The fourth-order valence-corrected chi connectivity index (χ4v) is 3.06. The molecule has 2 aliphatic rings. The highest BCUT2D eigenvalue weighted by atomic mass is 16.1. The van der Waals surface area contributed by atoms with Crippen molar-refractivity contribution >= 4 is 5.78 Å². The summed E-state index contributed by atoms with van der Waals surface area (Å²) in [7, 11) is 0. The second-order valence-corrected chi connectivity index (χ2v) is 5.25. The number of carbonyl (C=O) groups is 1. The zero-order valence-electron chi connectivity index (χ0n) is 9.31. The van der Waals surface area contributed by atoms with E-state index in [1.807, 2.05) is 0 Å². The van der Waals surface area contributed by atoms with Gasteiger partial charge < -0.3 is 0 Å². The van der Waals surface area contributed by atoms with E-state index in [0.717, 1.165) is 25.7 Å². The Balaban J connectivity index is 2.36. The topological polar surface area (TPSA) is 17.1 Å². The van der Waals surface area contributed by atoms with Crippen LogP contribution in [0, 0.1) is 11.3 Å². The van der Waals surface area contributed by atoms with Gasteiger partial charge in [0.15, 0.2) is 0 Å². The van der Waals surface area contributed by atoms with E-state index in [4.69, 9.17) is 0 Å². The van der Waals surface area contributed by atoms with Crippen molar-refractivity contribution < 1.29 is 4.79 Å². The van der Waals surface area contributed by atoms with Crippen molar-refractivity contribution in [1.29, 1.82) is 0 Å². The molecule has 0 aliphatic heterocycles. The second-order valence-electron chi connectivity index (χ2n) is 5.25. The zero-order valence-corrected chi connectivity index (χ0v) is 9.31. The van der Waals surface area contributed by atoms with E-state index in [1.54, 1.807) is 5.57 Å². The van der Waals surface area contributed by atoms with Gasteiger partial charge in [-0.05, 0) is 37.5 Å². The maximum Gasteiger partial charge on any atom is 0.136 e. The summed E-state index contributed by atoms with van der Waals surface area (Å²) in [4.78, 5) is 12.0. The number of allylic oxidation sites excluding steroid dienone is 2. The Morgan fingerprint density at radius 3 is 2.86 bits per heavy atom. The van der Waals surface area contributed by atoms with Crippen molar-refractivity contribution in [2.75, 3.05) is 0 Å². The smallest absolute Gasteiger partial charge is 0.136 e. The Bertz CT molecular complexity index is 273. The molecule has 0 saturated heterocycles. The third-order valence-electron chi connectivity index (χ3n) is 4.04. The van der Waals surface area contributed by atoms with Crippen LogP contribution >= 0.6 is 0 Å². The monoisotopic (exact) mass is 192 g/mol. The lowest BCUT2D eigenvalue weighted by molar-refractivity contribution is -0.126. The molecule has 1 fully saturated rings.